The van der Waals surface area contributed by atoms with E-state index in [1.165, 1.54) is 16.7 Å². The first-order valence-electron chi connectivity index (χ1n) is 3.35. The van der Waals surface area contributed by atoms with E-state index in [0.29, 0.717) is 0 Å². The second-order valence-electron chi connectivity index (χ2n) is 2.44. The predicted molar refractivity (Wildman–Crippen MR) is 44.8 cm³/mol. The van der Waals surface area contributed by atoms with Gasteiger partial charge < -0.3 is 0 Å². The van der Waals surface area contributed by atoms with Crippen LogP contribution in [0.25, 0.3) is 6.08 Å². The molecule has 0 saturated carbocycles. The largest absolute Gasteiger partial charge is 0.0985 e. The van der Waals surface area contributed by atoms with Crippen LogP contribution in [0, 0.1) is 19.9 Å². The lowest BCUT2D eigenvalue weighted by molar-refractivity contribution is 1.35. The number of benzene rings is 1. The van der Waals surface area contributed by atoms with Gasteiger partial charge in [-0.05, 0) is 36.6 Å². The van der Waals surface area contributed by atoms with Crippen molar-refractivity contribution < 1.29 is 0 Å². The third-order valence-electron chi connectivity index (χ3n) is 1.65. The van der Waals surface area contributed by atoms with Crippen LogP contribution >= 0.6 is 0 Å². The molecule has 0 spiro atoms. The maximum absolute atomic E-state index is 3.74. The molecule has 0 unspecified atom stereocenters. The van der Waals surface area contributed by atoms with Crippen molar-refractivity contribution in [3.05, 3.63) is 41.5 Å². The van der Waals surface area contributed by atoms with Gasteiger partial charge in [0.15, 0.2) is 0 Å². The third kappa shape index (κ3) is 1.10. The summed E-state index contributed by atoms with van der Waals surface area (Å²) in [6.45, 7) is 7.88. The average Bonchev–Trinajstić information content (AvgIpc) is 1.88. The van der Waals surface area contributed by atoms with E-state index in [1.807, 2.05) is 18.2 Å². The summed E-state index contributed by atoms with van der Waals surface area (Å²) in [6.07, 6.45) is 1.89. The van der Waals surface area contributed by atoms with E-state index >= 15 is 0 Å². The molecule has 0 saturated heterocycles. The number of rotatable bonds is 1. The molecule has 0 aliphatic carbocycles. The smallest absolute Gasteiger partial charge is 0.0178 e. The molecule has 0 nitrogen and oxygen atoms in total. The van der Waals surface area contributed by atoms with Gasteiger partial charge in [-0.2, -0.15) is 0 Å². The summed E-state index contributed by atoms with van der Waals surface area (Å²) in [7, 11) is 0. The van der Waals surface area contributed by atoms with E-state index in [9.17, 15) is 0 Å². The minimum atomic E-state index is 1.23. The molecule has 0 aromatic heterocycles. The molecule has 0 bridgehead atoms. The highest BCUT2D eigenvalue weighted by molar-refractivity contribution is 5.55. The molecule has 0 aliphatic rings. The zero-order valence-corrected chi connectivity index (χ0v) is 6.44. The quantitative estimate of drug-likeness (QED) is 0.549. The minimum Gasteiger partial charge on any atom is -0.0985 e. The predicted octanol–water partition coefficient (Wildman–Crippen LogP) is 2.75. The van der Waals surface area contributed by atoms with Gasteiger partial charge in [-0.15, -0.1) is 0 Å². The Bertz CT molecular complexity index is 226. The molecule has 0 heterocycles. The molecule has 0 aliphatic heterocycles. The summed E-state index contributed by atoms with van der Waals surface area (Å²) in [5.74, 6) is 0. The lowest BCUT2D eigenvalue weighted by atomic mass is 10.0. The summed E-state index contributed by atoms with van der Waals surface area (Å²) in [5.41, 5.74) is 3.73. The Kier molecular flexibility index (Phi) is 1.91. The van der Waals surface area contributed by atoms with Gasteiger partial charge in [0.05, 0.1) is 0 Å². The molecule has 1 radical (unpaired) electrons. The van der Waals surface area contributed by atoms with E-state index in [2.05, 4.69) is 26.5 Å². The molecular weight excluding hydrogens is 120 g/mol. The second kappa shape index (κ2) is 2.70. The summed E-state index contributed by atoms with van der Waals surface area (Å²) in [5, 5.41) is 0. The van der Waals surface area contributed by atoms with Crippen molar-refractivity contribution in [3.8, 4) is 0 Å². The Morgan fingerprint density at radius 1 is 1.30 bits per heavy atom. The van der Waals surface area contributed by atoms with E-state index in [-0.39, 0.29) is 0 Å². The van der Waals surface area contributed by atoms with Gasteiger partial charge >= 0.3 is 0 Å². The molecule has 0 fully saturated rings. The summed E-state index contributed by atoms with van der Waals surface area (Å²) in [4.78, 5) is 0. The van der Waals surface area contributed by atoms with Gasteiger partial charge in [-0.1, -0.05) is 24.8 Å². The SMILES string of the molecule is C=Cc1c(C)c[c]cc1C. The molecule has 0 N–H and O–H groups in total. The highest BCUT2D eigenvalue weighted by atomic mass is 14.0. The standard InChI is InChI=1S/C10H11/c1-4-10-8(2)6-5-7-9(10)3/h4,6-7H,1H2,2-3H3. The van der Waals surface area contributed by atoms with Crippen LogP contribution in [0.15, 0.2) is 18.7 Å². The Labute approximate surface area is 62.2 Å². The van der Waals surface area contributed by atoms with Crippen LogP contribution in [0.1, 0.15) is 16.7 Å². The monoisotopic (exact) mass is 131 g/mol. The maximum Gasteiger partial charge on any atom is -0.0178 e. The fourth-order valence-corrected chi connectivity index (χ4v) is 1.08. The van der Waals surface area contributed by atoms with Crippen molar-refractivity contribution in [2.24, 2.45) is 0 Å². The lowest BCUT2D eigenvalue weighted by Gasteiger charge is -2.01. The molecule has 0 amide bonds. The van der Waals surface area contributed by atoms with Gasteiger partial charge in [0, 0.05) is 0 Å². The topological polar surface area (TPSA) is 0 Å². The molecule has 0 heteroatoms. The van der Waals surface area contributed by atoms with Crippen molar-refractivity contribution >= 4 is 6.08 Å². The van der Waals surface area contributed by atoms with Crippen molar-refractivity contribution in [3.63, 3.8) is 0 Å². The highest BCUT2D eigenvalue weighted by Crippen LogP contribution is 2.12. The summed E-state index contributed by atoms with van der Waals surface area (Å²) in [6, 6.07) is 7.01. The van der Waals surface area contributed by atoms with Crippen LogP contribution in [0.5, 0.6) is 0 Å². The van der Waals surface area contributed by atoms with Crippen molar-refractivity contribution in [1.29, 1.82) is 0 Å². The van der Waals surface area contributed by atoms with E-state index < -0.39 is 0 Å². The van der Waals surface area contributed by atoms with Crippen LogP contribution in [0.3, 0.4) is 0 Å². The molecule has 51 valence electrons. The van der Waals surface area contributed by atoms with Gasteiger partial charge in [0.25, 0.3) is 0 Å². The zero-order chi connectivity index (χ0) is 7.56. The molecule has 1 aromatic carbocycles. The summed E-state index contributed by atoms with van der Waals surface area (Å²) < 4.78 is 0. The zero-order valence-electron chi connectivity index (χ0n) is 6.44. The molecule has 10 heavy (non-hydrogen) atoms. The lowest BCUT2D eigenvalue weighted by Crippen LogP contribution is -1.83. The van der Waals surface area contributed by atoms with Crippen LogP contribution in [-0.2, 0) is 0 Å². The van der Waals surface area contributed by atoms with Crippen molar-refractivity contribution in [2.75, 3.05) is 0 Å². The van der Waals surface area contributed by atoms with Crippen LogP contribution in [-0.4, -0.2) is 0 Å². The molecule has 1 rings (SSSR count). The molecule has 0 atom stereocenters. The third-order valence-corrected chi connectivity index (χ3v) is 1.65. The van der Waals surface area contributed by atoms with E-state index in [4.69, 9.17) is 0 Å². The van der Waals surface area contributed by atoms with Crippen LogP contribution in [0.4, 0.5) is 0 Å². The minimum absolute atomic E-state index is 1.23. The normalized spacial score (nSPS) is 9.40. The average molecular weight is 131 g/mol. The van der Waals surface area contributed by atoms with Gasteiger partial charge in [0.1, 0.15) is 0 Å². The summed E-state index contributed by atoms with van der Waals surface area (Å²) >= 11 is 0. The Hall–Kier alpha value is -1.04. The number of aryl methyl sites for hydroxylation is 2. The van der Waals surface area contributed by atoms with Crippen LogP contribution in [0.2, 0.25) is 0 Å². The van der Waals surface area contributed by atoms with Crippen molar-refractivity contribution in [2.45, 2.75) is 13.8 Å². The first-order valence-corrected chi connectivity index (χ1v) is 3.35. The first-order chi connectivity index (χ1) is 4.75. The first kappa shape index (κ1) is 7.07. The second-order valence-corrected chi connectivity index (χ2v) is 2.44. The Balaban J connectivity index is 3.30. The molecular formula is C10H11. The number of hydrogen-bond acceptors (Lipinski definition) is 0. The fourth-order valence-electron chi connectivity index (χ4n) is 1.08. The number of hydrogen-bond donors (Lipinski definition) is 0. The van der Waals surface area contributed by atoms with Gasteiger partial charge in [-0.25, -0.2) is 0 Å². The van der Waals surface area contributed by atoms with Gasteiger partial charge in [0.2, 0.25) is 0 Å². The Morgan fingerprint density at radius 3 is 2.10 bits per heavy atom. The molecule has 1 aromatic rings. The van der Waals surface area contributed by atoms with Crippen molar-refractivity contribution in [1.82, 2.24) is 0 Å². The maximum atomic E-state index is 3.74. The fraction of sp³-hybridized carbons (Fsp3) is 0.200. The Morgan fingerprint density at radius 2 is 1.80 bits per heavy atom. The van der Waals surface area contributed by atoms with Crippen LogP contribution < -0.4 is 0 Å². The van der Waals surface area contributed by atoms with Gasteiger partial charge in [-0.3, -0.25) is 0 Å². The highest BCUT2D eigenvalue weighted by Gasteiger charge is 1.94. The van der Waals surface area contributed by atoms with E-state index in [0.717, 1.165) is 0 Å². The van der Waals surface area contributed by atoms with E-state index in [1.54, 1.807) is 0 Å².